The molecule has 4 rings (SSSR count). The zero-order valence-corrected chi connectivity index (χ0v) is 19.9. The molecule has 2 amide bonds. The molecule has 186 valence electrons. The number of benzene rings is 2. The maximum atomic E-state index is 12.6. The van der Waals surface area contributed by atoms with Crippen LogP contribution in [0.15, 0.2) is 48.5 Å². The summed E-state index contributed by atoms with van der Waals surface area (Å²) >= 11 is 0. The number of rotatable bonds is 10. The number of ether oxygens (including phenoxy) is 2. The highest BCUT2D eigenvalue weighted by molar-refractivity contribution is 5.80. The Balaban J connectivity index is 1.23. The van der Waals surface area contributed by atoms with Crippen LogP contribution in [-0.4, -0.2) is 55.0 Å². The van der Waals surface area contributed by atoms with Crippen LogP contribution in [0.3, 0.4) is 0 Å². The Labute approximate surface area is 205 Å². The minimum atomic E-state index is -0.934. The number of hydrogen-bond donors (Lipinski definition) is 3. The summed E-state index contributed by atoms with van der Waals surface area (Å²) < 4.78 is 11.2. The quantitative estimate of drug-likeness (QED) is 0.478. The molecule has 0 saturated carbocycles. The van der Waals surface area contributed by atoms with Crippen LogP contribution < -0.4 is 10.6 Å². The van der Waals surface area contributed by atoms with Gasteiger partial charge in [-0.05, 0) is 35.1 Å². The number of hydrogen-bond acceptors (Lipinski definition) is 5. The van der Waals surface area contributed by atoms with Gasteiger partial charge in [0.2, 0.25) is 5.91 Å². The Morgan fingerprint density at radius 2 is 1.74 bits per heavy atom. The second-order valence-electron chi connectivity index (χ2n) is 9.19. The second-order valence-corrected chi connectivity index (χ2v) is 9.19. The van der Waals surface area contributed by atoms with Crippen LogP contribution >= 0.6 is 0 Å². The summed E-state index contributed by atoms with van der Waals surface area (Å²) in [5.74, 6) is -1.51. The van der Waals surface area contributed by atoms with Crippen molar-refractivity contribution in [2.24, 2.45) is 5.92 Å². The van der Waals surface area contributed by atoms with Gasteiger partial charge in [0.15, 0.2) is 0 Å². The topological polar surface area (TPSA) is 114 Å². The Bertz CT molecular complexity index is 1030. The fourth-order valence-corrected chi connectivity index (χ4v) is 4.98. The van der Waals surface area contributed by atoms with E-state index in [2.05, 4.69) is 34.9 Å². The SMILES string of the molecule is CCCC(CC(=O)O)NC(=O)C1COC(CNC(=O)OCC2c3ccccc3-c3ccccc32)C1. The first-order chi connectivity index (χ1) is 17.0. The maximum Gasteiger partial charge on any atom is 0.407 e. The summed E-state index contributed by atoms with van der Waals surface area (Å²) in [5, 5.41) is 14.6. The number of aliphatic carboxylic acids is 1. The zero-order valence-electron chi connectivity index (χ0n) is 19.9. The number of carbonyl (C=O) groups excluding carboxylic acids is 2. The number of nitrogens with one attached hydrogen (secondary N) is 2. The van der Waals surface area contributed by atoms with Gasteiger partial charge in [0.1, 0.15) is 6.61 Å². The third-order valence-electron chi connectivity index (χ3n) is 6.67. The van der Waals surface area contributed by atoms with Gasteiger partial charge in [-0.2, -0.15) is 0 Å². The molecule has 1 heterocycles. The van der Waals surface area contributed by atoms with Crippen molar-refractivity contribution in [1.82, 2.24) is 10.6 Å². The molecule has 3 unspecified atom stereocenters. The highest BCUT2D eigenvalue weighted by atomic mass is 16.5. The Morgan fingerprint density at radius 1 is 1.09 bits per heavy atom. The third kappa shape index (κ3) is 6.00. The highest BCUT2D eigenvalue weighted by Gasteiger charge is 2.33. The lowest BCUT2D eigenvalue weighted by Gasteiger charge is -2.18. The smallest absolute Gasteiger partial charge is 0.407 e. The average Bonchev–Trinajstić information content (AvgIpc) is 3.44. The van der Waals surface area contributed by atoms with Gasteiger partial charge in [-0.15, -0.1) is 0 Å². The van der Waals surface area contributed by atoms with E-state index in [4.69, 9.17) is 14.6 Å². The normalized spacial score (nSPS) is 19.5. The summed E-state index contributed by atoms with van der Waals surface area (Å²) in [7, 11) is 0. The van der Waals surface area contributed by atoms with E-state index in [9.17, 15) is 14.4 Å². The van der Waals surface area contributed by atoms with Crippen molar-refractivity contribution < 1.29 is 29.0 Å². The molecular weight excluding hydrogens is 448 g/mol. The molecule has 0 spiro atoms. The highest BCUT2D eigenvalue weighted by Crippen LogP contribution is 2.44. The fraction of sp³-hybridized carbons (Fsp3) is 0.444. The van der Waals surface area contributed by atoms with Crippen molar-refractivity contribution in [2.45, 2.75) is 50.7 Å². The van der Waals surface area contributed by atoms with E-state index < -0.39 is 12.1 Å². The van der Waals surface area contributed by atoms with Crippen LogP contribution in [-0.2, 0) is 19.1 Å². The van der Waals surface area contributed by atoms with Crippen molar-refractivity contribution >= 4 is 18.0 Å². The molecule has 8 heteroatoms. The molecule has 1 fully saturated rings. The van der Waals surface area contributed by atoms with E-state index in [1.165, 1.54) is 11.1 Å². The van der Waals surface area contributed by atoms with E-state index in [1.54, 1.807) is 0 Å². The third-order valence-corrected chi connectivity index (χ3v) is 6.67. The standard InChI is InChI=1S/C27H32N2O6/c1-2-7-18(13-25(30)31)29-26(32)17-12-19(34-15-17)14-28-27(33)35-16-24-22-10-5-3-8-20(22)21-9-4-6-11-23(21)24/h3-6,8-11,17-19,24H,2,7,12-16H2,1H3,(H,28,33)(H,29,32)(H,30,31). The van der Waals surface area contributed by atoms with E-state index in [0.29, 0.717) is 12.8 Å². The van der Waals surface area contributed by atoms with Gasteiger partial charge in [-0.1, -0.05) is 61.9 Å². The molecule has 3 N–H and O–H groups in total. The number of carbonyl (C=O) groups is 3. The predicted octanol–water partition coefficient (Wildman–Crippen LogP) is 3.69. The molecule has 3 atom stereocenters. The molecule has 1 aliphatic carbocycles. The van der Waals surface area contributed by atoms with Gasteiger partial charge >= 0.3 is 12.1 Å². The monoisotopic (exact) mass is 480 g/mol. The average molecular weight is 481 g/mol. The summed E-state index contributed by atoms with van der Waals surface area (Å²) in [5.41, 5.74) is 4.65. The van der Waals surface area contributed by atoms with E-state index in [1.807, 2.05) is 31.2 Å². The first kappa shape index (κ1) is 24.7. The molecule has 2 aromatic carbocycles. The molecule has 0 radical (unpaired) electrons. The van der Waals surface area contributed by atoms with E-state index >= 15 is 0 Å². The van der Waals surface area contributed by atoms with Crippen LogP contribution in [0, 0.1) is 5.92 Å². The van der Waals surface area contributed by atoms with Gasteiger partial charge < -0.3 is 25.2 Å². The number of carboxylic acids is 1. The van der Waals surface area contributed by atoms with Crippen LogP contribution in [0.4, 0.5) is 4.79 Å². The summed E-state index contributed by atoms with van der Waals surface area (Å²) in [6.45, 7) is 2.67. The zero-order chi connectivity index (χ0) is 24.8. The van der Waals surface area contributed by atoms with Gasteiger partial charge in [0.05, 0.1) is 25.0 Å². The van der Waals surface area contributed by atoms with Crippen LogP contribution in [0.25, 0.3) is 11.1 Å². The van der Waals surface area contributed by atoms with Crippen molar-refractivity contribution in [3.05, 3.63) is 59.7 Å². The minimum absolute atomic E-state index is 0.00849. The number of carboxylic acid groups (broad SMARTS) is 1. The van der Waals surface area contributed by atoms with Crippen LogP contribution in [0.2, 0.25) is 0 Å². The summed E-state index contributed by atoms with van der Waals surface area (Å²) in [6, 6.07) is 15.9. The number of fused-ring (bicyclic) bond motifs is 3. The first-order valence-corrected chi connectivity index (χ1v) is 12.2. The van der Waals surface area contributed by atoms with Gasteiger partial charge in [0.25, 0.3) is 0 Å². The molecular formula is C27H32N2O6. The lowest BCUT2D eigenvalue weighted by molar-refractivity contribution is -0.137. The molecule has 1 saturated heterocycles. The largest absolute Gasteiger partial charge is 0.481 e. The number of amides is 2. The lowest BCUT2D eigenvalue weighted by atomic mass is 9.98. The van der Waals surface area contributed by atoms with Crippen LogP contribution in [0.5, 0.6) is 0 Å². The fourth-order valence-electron chi connectivity index (χ4n) is 4.98. The minimum Gasteiger partial charge on any atom is -0.481 e. The Morgan fingerprint density at radius 3 is 2.37 bits per heavy atom. The van der Waals surface area contributed by atoms with Gasteiger partial charge in [0, 0.05) is 18.5 Å². The number of alkyl carbamates (subject to hydrolysis) is 1. The van der Waals surface area contributed by atoms with Gasteiger partial charge in [-0.3, -0.25) is 9.59 Å². The Hall–Kier alpha value is -3.39. The van der Waals surface area contributed by atoms with Crippen molar-refractivity contribution in [1.29, 1.82) is 0 Å². The molecule has 0 bridgehead atoms. The summed E-state index contributed by atoms with van der Waals surface area (Å²) in [4.78, 5) is 36.0. The first-order valence-electron chi connectivity index (χ1n) is 12.2. The molecule has 8 nitrogen and oxygen atoms in total. The van der Waals surface area contributed by atoms with E-state index in [-0.39, 0.29) is 56.1 Å². The molecule has 1 aliphatic heterocycles. The molecule has 2 aliphatic rings. The van der Waals surface area contributed by atoms with Crippen molar-refractivity contribution in [3.63, 3.8) is 0 Å². The lowest BCUT2D eigenvalue weighted by Crippen LogP contribution is -2.40. The second kappa shape index (κ2) is 11.4. The maximum absolute atomic E-state index is 12.6. The van der Waals surface area contributed by atoms with E-state index in [0.717, 1.165) is 17.5 Å². The van der Waals surface area contributed by atoms with Crippen molar-refractivity contribution in [2.75, 3.05) is 19.8 Å². The van der Waals surface area contributed by atoms with Crippen LogP contribution in [0.1, 0.15) is 49.7 Å². The summed E-state index contributed by atoms with van der Waals surface area (Å²) in [6.07, 6.45) is 0.939. The van der Waals surface area contributed by atoms with Crippen molar-refractivity contribution in [3.8, 4) is 11.1 Å². The molecule has 2 aromatic rings. The van der Waals surface area contributed by atoms with Gasteiger partial charge in [-0.25, -0.2) is 4.79 Å². The molecule has 0 aromatic heterocycles. The molecule has 35 heavy (non-hydrogen) atoms. The Kier molecular flexibility index (Phi) is 8.02. The predicted molar refractivity (Wildman–Crippen MR) is 130 cm³/mol.